The zero-order valence-corrected chi connectivity index (χ0v) is 14.5. The number of carbonyl (C=O) groups excluding carboxylic acids is 1. The van der Waals surface area contributed by atoms with Crippen molar-refractivity contribution in [3.63, 3.8) is 0 Å². The van der Waals surface area contributed by atoms with Gasteiger partial charge in [-0.1, -0.05) is 31.2 Å². The van der Waals surface area contributed by atoms with Gasteiger partial charge in [-0.2, -0.15) is 13.2 Å². The Kier molecular flexibility index (Phi) is 4.00. The fraction of sp³-hybridized carbons (Fsp3) is 0.579. The summed E-state index contributed by atoms with van der Waals surface area (Å²) in [6.45, 7) is 2.96. The predicted octanol–water partition coefficient (Wildman–Crippen LogP) is 3.82. The molecule has 4 rings (SSSR count). The lowest BCUT2D eigenvalue weighted by atomic mass is 9.64. The Morgan fingerprint density at radius 1 is 1.27 bits per heavy atom. The number of hydrogen-bond acceptors (Lipinski definition) is 2. The quantitative estimate of drug-likeness (QED) is 0.866. The highest BCUT2D eigenvalue weighted by Gasteiger charge is 2.56. The predicted molar refractivity (Wildman–Crippen MR) is 90.1 cm³/mol. The fourth-order valence-electron chi connectivity index (χ4n) is 5.11. The number of alkyl halides is 3. The second kappa shape index (κ2) is 5.99. The normalized spacial score (nSPS) is 36.5. The molecule has 2 fully saturated rings. The molecule has 0 bridgehead atoms. The minimum atomic E-state index is -4.24. The maximum absolute atomic E-state index is 13.6. The van der Waals surface area contributed by atoms with E-state index in [2.05, 4.69) is 9.97 Å². The lowest BCUT2D eigenvalue weighted by Gasteiger charge is -2.41. The van der Waals surface area contributed by atoms with Crippen molar-refractivity contribution in [3.05, 3.63) is 42.5 Å². The van der Waals surface area contributed by atoms with Crippen LogP contribution in [0.5, 0.6) is 0 Å². The van der Waals surface area contributed by atoms with Gasteiger partial charge in [-0.25, -0.2) is 4.98 Å². The Morgan fingerprint density at radius 3 is 2.54 bits per heavy atom. The maximum atomic E-state index is 13.6. The number of imidazole rings is 1. The van der Waals surface area contributed by atoms with Gasteiger partial charge in [0.15, 0.2) is 0 Å². The number of amides is 1. The molecule has 1 aliphatic heterocycles. The average molecular weight is 365 g/mol. The van der Waals surface area contributed by atoms with Gasteiger partial charge in [0.25, 0.3) is 5.91 Å². The molecule has 0 aromatic carbocycles. The van der Waals surface area contributed by atoms with E-state index in [1.807, 2.05) is 0 Å². The third kappa shape index (κ3) is 2.77. The van der Waals surface area contributed by atoms with Crippen LogP contribution in [0.3, 0.4) is 0 Å². The molecular weight excluding hydrogens is 343 g/mol. The number of nitrogens with zero attached hydrogens (tertiary/aromatic N) is 2. The van der Waals surface area contributed by atoms with Crippen LogP contribution in [0.4, 0.5) is 13.2 Å². The highest BCUT2D eigenvalue weighted by molar-refractivity contribution is 5.92. The van der Waals surface area contributed by atoms with Crippen LogP contribution in [0.2, 0.25) is 0 Å². The molecule has 2 heterocycles. The number of aromatic amines is 1. The molecule has 0 radical (unpaired) electrons. The smallest absolute Gasteiger partial charge is 0.350 e. The summed E-state index contributed by atoms with van der Waals surface area (Å²) in [5, 5.41) is 0. The molecule has 7 heteroatoms. The number of H-pyrrole nitrogens is 1. The maximum Gasteiger partial charge on any atom is 0.395 e. The zero-order chi connectivity index (χ0) is 18.5. The Balaban J connectivity index is 1.47. The van der Waals surface area contributed by atoms with Crippen LogP contribution in [-0.2, 0) is 0 Å². The number of rotatable bonds is 2. The summed E-state index contributed by atoms with van der Waals surface area (Å²) in [5.41, 5.74) is -0.514. The number of fused-ring (bicyclic) bond motifs is 1. The van der Waals surface area contributed by atoms with Crippen molar-refractivity contribution >= 4 is 5.91 Å². The molecule has 1 aromatic rings. The summed E-state index contributed by atoms with van der Waals surface area (Å²) in [7, 11) is 0. The molecule has 1 aromatic heterocycles. The number of hydrogen-bond donors (Lipinski definition) is 1. The van der Waals surface area contributed by atoms with Gasteiger partial charge in [0.1, 0.15) is 5.69 Å². The Hall–Kier alpha value is -2.05. The molecule has 1 N–H and O–H groups in total. The zero-order valence-electron chi connectivity index (χ0n) is 14.5. The lowest BCUT2D eigenvalue weighted by Crippen LogP contribution is -2.42. The van der Waals surface area contributed by atoms with Crippen molar-refractivity contribution in [2.24, 2.45) is 29.1 Å². The van der Waals surface area contributed by atoms with Gasteiger partial charge in [-0.15, -0.1) is 0 Å². The van der Waals surface area contributed by atoms with E-state index in [1.54, 1.807) is 30.2 Å². The van der Waals surface area contributed by atoms with Crippen LogP contribution in [0.25, 0.3) is 0 Å². The van der Waals surface area contributed by atoms with Crippen LogP contribution in [-0.4, -0.2) is 40.0 Å². The van der Waals surface area contributed by atoms with Crippen molar-refractivity contribution in [1.29, 1.82) is 0 Å². The van der Waals surface area contributed by atoms with Gasteiger partial charge >= 0.3 is 6.18 Å². The van der Waals surface area contributed by atoms with Gasteiger partial charge in [0, 0.05) is 24.7 Å². The second-order valence-corrected chi connectivity index (χ2v) is 7.98. The number of carbonyl (C=O) groups is 1. The van der Waals surface area contributed by atoms with Crippen molar-refractivity contribution in [3.8, 4) is 0 Å². The summed E-state index contributed by atoms with van der Waals surface area (Å²) in [6.07, 6.45) is 6.55. The van der Waals surface area contributed by atoms with Gasteiger partial charge in [0.2, 0.25) is 0 Å². The topological polar surface area (TPSA) is 49.0 Å². The largest absolute Gasteiger partial charge is 0.395 e. The molecule has 5 atom stereocenters. The molecule has 4 nitrogen and oxygen atoms in total. The molecule has 2 aliphatic carbocycles. The summed E-state index contributed by atoms with van der Waals surface area (Å²) in [5.74, 6) is -1.02. The molecule has 1 saturated carbocycles. The molecule has 140 valence electrons. The minimum absolute atomic E-state index is 0.0204. The molecule has 1 amide bonds. The molecule has 2 unspecified atom stereocenters. The van der Waals surface area contributed by atoms with Crippen molar-refractivity contribution in [2.45, 2.75) is 25.9 Å². The first-order valence-electron chi connectivity index (χ1n) is 9.00. The van der Waals surface area contributed by atoms with E-state index < -0.39 is 17.5 Å². The highest BCUT2D eigenvalue weighted by Crippen LogP contribution is 2.56. The monoisotopic (exact) mass is 365 g/mol. The standard InChI is InChI=1S/C19H22F3N3O/c1-18(5-3-2-4-16(18)19(20,21)22)14-6-12-9-25(10-13(12)7-14)17(26)15-8-23-11-24-15/h2-5,8,11-14,16H,6-7,9-10H2,1H3,(H,23,24)/t12-,13+,14-,16?,18?. The van der Waals surface area contributed by atoms with Gasteiger partial charge < -0.3 is 9.88 Å². The number of aromatic nitrogens is 2. The third-order valence-corrected chi connectivity index (χ3v) is 6.53. The van der Waals surface area contributed by atoms with E-state index in [-0.39, 0.29) is 23.7 Å². The summed E-state index contributed by atoms with van der Waals surface area (Å²) < 4.78 is 40.7. The number of likely N-dealkylation sites (tertiary alicyclic amines) is 1. The SMILES string of the molecule is CC1([C@@H]2C[C@@H]3CN(C(=O)c4c[nH]cn4)C[C@@H]3C2)C=CC=CC1C(F)(F)F. The molecule has 0 spiro atoms. The highest BCUT2D eigenvalue weighted by atomic mass is 19.4. The van der Waals surface area contributed by atoms with Gasteiger partial charge in [-0.05, 0) is 30.6 Å². The third-order valence-electron chi connectivity index (χ3n) is 6.53. The lowest BCUT2D eigenvalue weighted by molar-refractivity contribution is -0.189. The minimum Gasteiger partial charge on any atom is -0.350 e. The Labute approximate surface area is 150 Å². The number of nitrogens with one attached hydrogen (secondary N) is 1. The van der Waals surface area contributed by atoms with Crippen LogP contribution in [0.1, 0.15) is 30.3 Å². The second-order valence-electron chi connectivity index (χ2n) is 7.98. The van der Waals surface area contributed by atoms with E-state index in [0.717, 1.165) is 12.8 Å². The molecule has 1 saturated heterocycles. The van der Waals surface area contributed by atoms with E-state index in [0.29, 0.717) is 18.8 Å². The van der Waals surface area contributed by atoms with Crippen molar-refractivity contribution < 1.29 is 18.0 Å². The number of allylic oxidation sites excluding steroid dienone is 4. The van der Waals surface area contributed by atoms with E-state index in [9.17, 15) is 18.0 Å². The van der Waals surface area contributed by atoms with Crippen molar-refractivity contribution in [2.75, 3.05) is 13.1 Å². The average Bonchev–Trinajstić information content (AvgIpc) is 3.29. The Bertz CT molecular complexity index is 726. The molecule has 26 heavy (non-hydrogen) atoms. The van der Waals surface area contributed by atoms with Crippen LogP contribution in [0.15, 0.2) is 36.8 Å². The van der Waals surface area contributed by atoms with E-state index in [1.165, 1.54) is 18.5 Å². The molecular formula is C19H22F3N3O. The first-order chi connectivity index (χ1) is 12.3. The summed E-state index contributed by atoms with van der Waals surface area (Å²) >= 11 is 0. The first kappa shape index (κ1) is 17.4. The van der Waals surface area contributed by atoms with Crippen LogP contribution in [0, 0.1) is 29.1 Å². The number of halogens is 3. The van der Waals surface area contributed by atoms with Gasteiger partial charge in [0.05, 0.1) is 12.2 Å². The fourth-order valence-corrected chi connectivity index (χ4v) is 5.11. The first-order valence-corrected chi connectivity index (χ1v) is 9.00. The summed E-state index contributed by atoms with van der Waals surface area (Å²) in [6, 6.07) is 0. The van der Waals surface area contributed by atoms with Crippen LogP contribution < -0.4 is 0 Å². The summed E-state index contributed by atoms with van der Waals surface area (Å²) in [4.78, 5) is 21.0. The molecule has 3 aliphatic rings. The van der Waals surface area contributed by atoms with E-state index >= 15 is 0 Å². The van der Waals surface area contributed by atoms with Crippen molar-refractivity contribution in [1.82, 2.24) is 14.9 Å². The van der Waals surface area contributed by atoms with Gasteiger partial charge in [-0.3, -0.25) is 4.79 Å². The van der Waals surface area contributed by atoms with E-state index in [4.69, 9.17) is 0 Å². The van der Waals surface area contributed by atoms with Crippen LogP contribution >= 0.6 is 0 Å². The Morgan fingerprint density at radius 2 is 1.96 bits per heavy atom.